The van der Waals surface area contributed by atoms with Crippen LogP contribution in [0.4, 0.5) is 0 Å². The number of carbonyl (C=O) groups is 1. The van der Waals surface area contributed by atoms with Crippen molar-refractivity contribution in [3.63, 3.8) is 0 Å². The lowest BCUT2D eigenvalue weighted by atomic mass is 10.1. The first kappa shape index (κ1) is 22.5. The highest BCUT2D eigenvalue weighted by Gasteiger charge is 2.32. The van der Waals surface area contributed by atoms with Crippen LogP contribution in [0.2, 0.25) is 0 Å². The predicted octanol–water partition coefficient (Wildman–Crippen LogP) is 3.29. The summed E-state index contributed by atoms with van der Waals surface area (Å²) in [5.74, 6) is 0.929. The molecule has 1 fully saturated rings. The van der Waals surface area contributed by atoms with Gasteiger partial charge >= 0.3 is 0 Å². The minimum Gasteiger partial charge on any atom is -0.341 e. The SMILES string of the molecule is Cc1ccc(-n2c(SCC(=O)N(C)[C@@H]3CCS(=O)(=O)C3)nnc2-c2ccccc2)cc1C. The maximum absolute atomic E-state index is 12.8. The van der Waals surface area contributed by atoms with Crippen molar-refractivity contribution in [1.29, 1.82) is 0 Å². The predicted molar refractivity (Wildman–Crippen MR) is 127 cm³/mol. The Kier molecular flexibility index (Phi) is 6.39. The molecule has 0 spiro atoms. The number of aryl methyl sites for hydroxylation is 2. The first-order valence-corrected chi connectivity index (χ1v) is 13.2. The van der Waals surface area contributed by atoms with Gasteiger partial charge in [0.2, 0.25) is 5.91 Å². The van der Waals surface area contributed by atoms with Gasteiger partial charge in [0, 0.05) is 18.7 Å². The summed E-state index contributed by atoms with van der Waals surface area (Å²) >= 11 is 1.31. The largest absolute Gasteiger partial charge is 0.341 e. The molecule has 1 atom stereocenters. The summed E-state index contributed by atoms with van der Waals surface area (Å²) in [4.78, 5) is 14.4. The summed E-state index contributed by atoms with van der Waals surface area (Å²) in [5.41, 5.74) is 4.22. The van der Waals surface area contributed by atoms with Gasteiger partial charge in [-0.3, -0.25) is 9.36 Å². The lowest BCUT2D eigenvalue weighted by Gasteiger charge is -2.23. The molecular formula is C23H26N4O3S2. The normalized spacial score (nSPS) is 17.4. The van der Waals surface area contributed by atoms with Crippen LogP contribution in [0.5, 0.6) is 0 Å². The third-order valence-electron chi connectivity index (χ3n) is 5.89. The van der Waals surface area contributed by atoms with Gasteiger partial charge in [0.15, 0.2) is 20.8 Å². The zero-order valence-corrected chi connectivity index (χ0v) is 20.0. The van der Waals surface area contributed by atoms with E-state index in [0.29, 0.717) is 17.4 Å². The second kappa shape index (κ2) is 9.07. The molecule has 0 bridgehead atoms. The third-order valence-corrected chi connectivity index (χ3v) is 8.55. The zero-order chi connectivity index (χ0) is 22.9. The van der Waals surface area contributed by atoms with Crippen molar-refractivity contribution in [2.24, 2.45) is 0 Å². The Hall–Kier alpha value is -2.65. The van der Waals surface area contributed by atoms with Crippen molar-refractivity contribution >= 4 is 27.5 Å². The molecule has 0 saturated carbocycles. The highest BCUT2D eigenvalue weighted by molar-refractivity contribution is 7.99. The molecule has 9 heteroatoms. The second-order valence-electron chi connectivity index (χ2n) is 8.13. The molecule has 3 aromatic rings. The maximum atomic E-state index is 12.8. The Morgan fingerprint density at radius 3 is 2.53 bits per heavy atom. The fraction of sp³-hybridized carbons (Fsp3) is 0.348. The number of amides is 1. The lowest BCUT2D eigenvalue weighted by Crippen LogP contribution is -2.38. The molecule has 1 saturated heterocycles. The van der Waals surface area contributed by atoms with E-state index in [1.165, 1.54) is 17.3 Å². The Morgan fingerprint density at radius 1 is 1.12 bits per heavy atom. The van der Waals surface area contributed by atoms with Crippen molar-refractivity contribution in [2.45, 2.75) is 31.5 Å². The number of hydrogen-bond donors (Lipinski definition) is 0. The van der Waals surface area contributed by atoms with E-state index in [4.69, 9.17) is 0 Å². The van der Waals surface area contributed by atoms with Gasteiger partial charge in [0.25, 0.3) is 0 Å². The van der Waals surface area contributed by atoms with Crippen LogP contribution in [0.3, 0.4) is 0 Å². The van der Waals surface area contributed by atoms with Crippen molar-refractivity contribution in [1.82, 2.24) is 19.7 Å². The van der Waals surface area contributed by atoms with E-state index in [1.54, 1.807) is 11.9 Å². The number of hydrogen-bond acceptors (Lipinski definition) is 6. The van der Waals surface area contributed by atoms with Gasteiger partial charge in [0.05, 0.1) is 22.9 Å². The molecule has 0 unspecified atom stereocenters. The summed E-state index contributed by atoms with van der Waals surface area (Å²) in [6.07, 6.45) is 0.492. The molecule has 0 N–H and O–H groups in total. The van der Waals surface area contributed by atoms with Gasteiger partial charge < -0.3 is 4.90 Å². The quantitative estimate of drug-likeness (QED) is 0.514. The topological polar surface area (TPSA) is 85.2 Å². The molecule has 2 aromatic carbocycles. The summed E-state index contributed by atoms with van der Waals surface area (Å²) < 4.78 is 25.5. The number of carbonyl (C=O) groups excluding carboxylic acids is 1. The highest BCUT2D eigenvalue weighted by Crippen LogP contribution is 2.29. The lowest BCUT2D eigenvalue weighted by molar-refractivity contribution is -0.128. The molecule has 7 nitrogen and oxygen atoms in total. The fourth-order valence-corrected chi connectivity index (χ4v) is 6.40. The second-order valence-corrected chi connectivity index (χ2v) is 11.3. The zero-order valence-electron chi connectivity index (χ0n) is 18.4. The van der Waals surface area contributed by atoms with Crippen molar-refractivity contribution in [3.8, 4) is 17.1 Å². The van der Waals surface area contributed by atoms with Gasteiger partial charge in [-0.05, 0) is 43.5 Å². The minimum absolute atomic E-state index is 0.0386. The molecule has 1 amide bonds. The van der Waals surface area contributed by atoms with Crippen LogP contribution < -0.4 is 0 Å². The Morgan fingerprint density at radius 2 is 1.88 bits per heavy atom. The Labute approximate surface area is 192 Å². The number of aromatic nitrogens is 3. The number of sulfone groups is 1. The van der Waals surface area contributed by atoms with Crippen molar-refractivity contribution in [3.05, 3.63) is 59.7 Å². The summed E-state index contributed by atoms with van der Waals surface area (Å²) in [6.45, 7) is 4.13. The van der Waals surface area contributed by atoms with E-state index in [2.05, 4.69) is 36.2 Å². The molecule has 0 aliphatic carbocycles. The first-order valence-electron chi connectivity index (χ1n) is 10.4. The number of thioether (sulfide) groups is 1. The van der Waals surface area contributed by atoms with Gasteiger partial charge in [0.1, 0.15) is 0 Å². The first-order chi connectivity index (χ1) is 15.2. The minimum atomic E-state index is -3.05. The smallest absolute Gasteiger partial charge is 0.233 e. The Bertz CT molecular complexity index is 1240. The molecule has 1 aliphatic heterocycles. The molecule has 1 aliphatic rings. The van der Waals surface area contributed by atoms with E-state index < -0.39 is 9.84 Å². The summed E-state index contributed by atoms with van der Waals surface area (Å²) in [5, 5.41) is 9.42. The van der Waals surface area contributed by atoms with Crippen LogP contribution in [0.1, 0.15) is 17.5 Å². The van der Waals surface area contributed by atoms with Gasteiger partial charge in [-0.25, -0.2) is 8.42 Å². The fourth-order valence-electron chi connectivity index (χ4n) is 3.75. The number of nitrogens with zero attached hydrogens (tertiary/aromatic N) is 4. The van der Waals surface area contributed by atoms with Crippen molar-refractivity contribution < 1.29 is 13.2 Å². The van der Waals surface area contributed by atoms with E-state index in [9.17, 15) is 13.2 Å². The molecule has 2 heterocycles. The molecule has 32 heavy (non-hydrogen) atoms. The average molecular weight is 471 g/mol. The van der Waals surface area contributed by atoms with Gasteiger partial charge in [-0.2, -0.15) is 0 Å². The van der Waals surface area contributed by atoms with Crippen LogP contribution >= 0.6 is 11.8 Å². The molecule has 1 aromatic heterocycles. The number of benzene rings is 2. The van der Waals surface area contributed by atoms with Crippen LogP contribution in [-0.4, -0.2) is 64.3 Å². The van der Waals surface area contributed by atoms with E-state index >= 15 is 0 Å². The Balaban J connectivity index is 1.60. The van der Waals surface area contributed by atoms with Crippen LogP contribution in [0.15, 0.2) is 53.7 Å². The summed E-state index contributed by atoms with van der Waals surface area (Å²) in [7, 11) is -1.37. The van der Waals surface area contributed by atoms with Crippen LogP contribution in [-0.2, 0) is 14.6 Å². The highest BCUT2D eigenvalue weighted by atomic mass is 32.2. The van der Waals surface area contributed by atoms with Gasteiger partial charge in [-0.1, -0.05) is 48.2 Å². The van der Waals surface area contributed by atoms with Crippen LogP contribution in [0.25, 0.3) is 17.1 Å². The van der Waals surface area contributed by atoms with E-state index in [-0.39, 0.29) is 29.2 Å². The number of rotatable bonds is 6. The standard InChI is InChI=1S/C23H26N4O3S2/c1-16-9-10-19(13-17(16)2)27-22(18-7-5-4-6-8-18)24-25-23(27)31-14-21(28)26(3)20-11-12-32(29,30)15-20/h4-10,13,20H,11-12,14-15H2,1-3H3/t20-/m1/s1. The molecule has 4 rings (SSSR count). The third kappa shape index (κ3) is 4.73. The summed E-state index contributed by atoms with van der Waals surface area (Å²) in [6, 6.07) is 15.7. The van der Waals surface area contributed by atoms with Gasteiger partial charge in [-0.15, -0.1) is 10.2 Å². The van der Waals surface area contributed by atoms with Crippen LogP contribution in [0, 0.1) is 13.8 Å². The van der Waals surface area contributed by atoms with E-state index in [1.807, 2.05) is 41.0 Å². The van der Waals surface area contributed by atoms with E-state index in [0.717, 1.165) is 16.8 Å². The molecular weight excluding hydrogens is 444 g/mol. The maximum Gasteiger partial charge on any atom is 0.233 e. The molecule has 168 valence electrons. The monoisotopic (exact) mass is 470 g/mol. The van der Waals surface area contributed by atoms with Crippen molar-refractivity contribution in [2.75, 3.05) is 24.3 Å². The molecule has 0 radical (unpaired) electrons. The average Bonchev–Trinajstić information content (AvgIpc) is 3.37.